The number of carbonyl (C=O) groups excluding carboxylic acids is 2. The number of benzene rings is 2. The predicted molar refractivity (Wildman–Crippen MR) is 106 cm³/mol. The number of unbranched alkanes of at least 4 members (excludes halogenated alkanes) is 4. The zero-order valence-corrected chi connectivity index (χ0v) is 16.3. The van der Waals surface area contributed by atoms with Crippen LogP contribution >= 0.6 is 15.9 Å². The van der Waals surface area contributed by atoms with Gasteiger partial charge in [-0.15, -0.1) is 0 Å². The Labute approximate surface area is 162 Å². The van der Waals surface area contributed by atoms with Crippen molar-refractivity contribution in [1.29, 1.82) is 0 Å². The van der Waals surface area contributed by atoms with Gasteiger partial charge in [0.1, 0.15) is 0 Å². The largest absolute Gasteiger partial charge is 0.294 e. The highest BCUT2D eigenvalue weighted by molar-refractivity contribution is 9.10. The van der Waals surface area contributed by atoms with E-state index in [1.165, 1.54) is 0 Å². The molecule has 0 fully saturated rings. The van der Waals surface area contributed by atoms with Gasteiger partial charge in [-0.05, 0) is 36.1 Å². The molecular weight excluding hydrogens is 394 g/mol. The molecule has 26 heavy (non-hydrogen) atoms. The smallest absolute Gasteiger partial charge is 0.243 e. The molecule has 0 aromatic heterocycles. The summed E-state index contributed by atoms with van der Waals surface area (Å²) in [5.41, 5.74) is 4.61. The molecule has 4 nitrogen and oxygen atoms in total. The minimum absolute atomic E-state index is 0.173. The van der Waals surface area contributed by atoms with Gasteiger partial charge in [0.05, 0.1) is 0 Å². The molecule has 0 aliphatic carbocycles. The van der Waals surface area contributed by atoms with Crippen molar-refractivity contribution >= 4 is 27.6 Å². The third-order valence-corrected chi connectivity index (χ3v) is 4.85. The van der Waals surface area contributed by atoms with Gasteiger partial charge in [-0.25, -0.2) is 5.48 Å². The van der Waals surface area contributed by atoms with Crippen LogP contribution in [0.3, 0.4) is 0 Å². The van der Waals surface area contributed by atoms with Crippen LogP contribution in [-0.4, -0.2) is 16.9 Å². The minimum atomic E-state index is -0.341. The lowest BCUT2D eigenvalue weighted by molar-refractivity contribution is -0.129. The Morgan fingerprint density at radius 2 is 1.27 bits per heavy atom. The summed E-state index contributed by atoms with van der Waals surface area (Å²) in [5, 5.41) is 8.40. The summed E-state index contributed by atoms with van der Waals surface area (Å²) in [6, 6.07) is 15.9. The molecule has 2 aromatic rings. The second kappa shape index (κ2) is 10.9. The van der Waals surface area contributed by atoms with Crippen molar-refractivity contribution in [2.24, 2.45) is 0 Å². The van der Waals surface area contributed by atoms with E-state index in [2.05, 4.69) is 15.9 Å². The molecule has 0 spiro atoms. The molecule has 0 saturated heterocycles. The van der Waals surface area contributed by atoms with Crippen molar-refractivity contribution < 1.29 is 14.8 Å². The number of ketones is 1. The fourth-order valence-corrected chi connectivity index (χ4v) is 3.06. The van der Waals surface area contributed by atoms with Crippen molar-refractivity contribution in [1.82, 2.24) is 5.48 Å². The van der Waals surface area contributed by atoms with Gasteiger partial charge >= 0.3 is 0 Å². The molecule has 0 saturated carbocycles. The summed E-state index contributed by atoms with van der Waals surface area (Å²) in [7, 11) is 0. The van der Waals surface area contributed by atoms with E-state index in [9.17, 15) is 9.59 Å². The lowest BCUT2D eigenvalue weighted by Crippen LogP contribution is -2.17. The molecule has 138 valence electrons. The van der Waals surface area contributed by atoms with Crippen LogP contribution in [0.1, 0.15) is 55.3 Å². The average molecular weight is 418 g/mol. The minimum Gasteiger partial charge on any atom is -0.294 e. The van der Waals surface area contributed by atoms with Crippen molar-refractivity contribution in [3.05, 3.63) is 58.6 Å². The number of hydrogen-bond donors (Lipinski definition) is 2. The van der Waals surface area contributed by atoms with Gasteiger partial charge < -0.3 is 0 Å². The Hall–Kier alpha value is -1.98. The molecule has 2 rings (SSSR count). The van der Waals surface area contributed by atoms with Gasteiger partial charge in [0.15, 0.2) is 5.78 Å². The first-order valence-electron chi connectivity index (χ1n) is 8.92. The van der Waals surface area contributed by atoms with Crippen LogP contribution in [0.5, 0.6) is 0 Å². The lowest BCUT2D eigenvalue weighted by Gasteiger charge is -2.05. The number of hydrogen-bond acceptors (Lipinski definition) is 3. The zero-order valence-electron chi connectivity index (χ0n) is 14.7. The van der Waals surface area contributed by atoms with Crippen LogP contribution in [0.4, 0.5) is 0 Å². The molecule has 2 N–H and O–H groups in total. The lowest BCUT2D eigenvalue weighted by atomic mass is 10.00. The predicted octanol–water partition coefficient (Wildman–Crippen LogP) is 5.53. The summed E-state index contributed by atoms with van der Waals surface area (Å²) in [6.45, 7) is 0. The number of nitrogens with one attached hydrogen (secondary N) is 1. The third-order valence-electron chi connectivity index (χ3n) is 4.32. The highest BCUT2D eigenvalue weighted by Gasteiger charge is 2.06. The SMILES string of the molecule is O=C(CCCCCCCC(=O)c1ccc(-c2ccc(Br)cc2)cc1)NO. The first-order chi connectivity index (χ1) is 12.6. The van der Waals surface area contributed by atoms with E-state index in [1.807, 2.05) is 48.5 Å². The molecule has 0 atom stereocenters. The fourth-order valence-electron chi connectivity index (χ4n) is 2.79. The van der Waals surface area contributed by atoms with E-state index < -0.39 is 0 Å². The number of Topliss-reactive ketones (excluding diaryl/α,β-unsaturated/α-hetero) is 1. The number of carbonyl (C=O) groups is 2. The molecule has 0 bridgehead atoms. The summed E-state index contributed by atoms with van der Waals surface area (Å²) >= 11 is 3.43. The average Bonchev–Trinajstić information content (AvgIpc) is 2.67. The topological polar surface area (TPSA) is 66.4 Å². The monoisotopic (exact) mass is 417 g/mol. The summed E-state index contributed by atoms with van der Waals surface area (Å²) in [6.07, 6.45) is 5.42. The van der Waals surface area contributed by atoms with Crippen molar-refractivity contribution in [2.75, 3.05) is 0 Å². The maximum Gasteiger partial charge on any atom is 0.243 e. The third kappa shape index (κ3) is 6.73. The Kier molecular flexibility index (Phi) is 8.51. The molecule has 0 aliphatic heterocycles. The number of amides is 1. The molecular formula is C21H24BrNO3. The van der Waals surface area contributed by atoms with Crippen molar-refractivity contribution in [2.45, 2.75) is 44.9 Å². The van der Waals surface area contributed by atoms with E-state index in [-0.39, 0.29) is 11.7 Å². The van der Waals surface area contributed by atoms with E-state index in [4.69, 9.17) is 5.21 Å². The first-order valence-corrected chi connectivity index (χ1v) is 9.71. The Morgan fingerprint density at radius 3 is 1.85 bits per heavy atom. The molecule has 0 unspecified atom stereocenters. The van der Waals surface area contributed by atoms with Crippen LogP contribution in [0.15, 0.2) is 53.0 Å². The van der Waals surface area contributed by atoms with Gasteiger partial charge in [-0.1, -0.05) is 71.6 Å². The maximum atomic E-state index is 12.3. The number of rotatable bonds is 10. The number of halogens is 1. The van der Waals surface area contributed by atoms with Gasteiger partial charge in [-0.3, -0.25) is 14.8 Å². The summed E-state index contributed by atoms with van der Waals surface area (Å²) in [5.74, 6) is -0.168. The van der Waals surface area contributed by atoms with Crippen LogP contribution in [0, 0.1) is 0 Å². The van der Waals surface area contributed by atoms with E-state index in [0.29, 0.717) is 12.8 Å². The Morgan fingerprint density at radius 1 is 0.769 bits per heavy atom. The molecule has 1 amide bonds. The van der Waals surface area contributed by atoms with E-state index in [0.717, 1.165) is 53.3 Å². The zero-order chi connectivity index (χ0) is 18.8. The van der Waals surface area contributed by atoms with Crippen molar-refractivity contribution in [3.63, 3.8) is 0 Å². The second-order valence-corrected chi connectivity index (χ2v) is 7.23. The van der Waals surface area contributed by atoms with Gasteiger partial charge in [0, 0.05) is 22.9 Å². The van der Waals surface area contributed by atoms with Crippen LogP contribution < -0.4 is 5.48 Å². The van der Waals surface area contributed by atoms with E-state index in [1.54, 1.807) is 5.48 Å². The molecule has 0 radical (unpaired) electrons. The number of hydroxylamine groups is 1. The van der Waals surface area contributed by atoms with E-state index >= 15 is 0 Å². The second-order valence-electron chi connectivity index (χ2n) is 6.31. The molecule has 0 heterocycles. The highest BCUT2D eigenvalue weighted by atomic mass is 79.9. The molecule has 5 heteroatoms. The highest BCUT2D eigenvalue weighted by Crippen LogP contribution is 2.22. The normalized spacial score (nSPS) is 10.5. The van der Waals surface area contributed by atoms with Crippen molar-refractivity contribution in [3.8, 4) is 11.1 Å². The molecule has 0 aliphatic rings. The standard InChI is InChI=1S/C21H24BrNO3/c22-19-14-12-17(13-15-19)16-8-10-18(11-9-16)20(24)6-4-2-1-3-5-7-21(25)23-26/h8-15,26H,1-7H2,(H,23,25). The fraction of sp³-hybridized carbons (Fsp3) is 0.333. The van der Waals surface area contributed by atoms with Crippen LogP contribution in [0.2, 0.25) is 0 Å². The summed E-state index contributed by atoms with van der Waals surface area (Å²) in [4.78, 5) is 23.1. The van der Waals surface area contributed by atoms with Gasteiger partial charge in [-0.2, -0.15) is 0 Å². The maximum absolute atomic E-state index is 12.3. The van der Waals surface area contributed by atoms with Crippen LogP contribution in [-0.2, 0) is 4.79 Å². The summed E-state index contributed by atoms with van der Waals surface area (Å²) < 4.78 is 1.05. The van der Waals surface area contributed by atoms with Crippen LogP contribution in [0.25, 0.3) is 11.1 Å². The Balaban J connectivity index is 1.71. The first kappa shape index (κ1) is 20.3. The van der Waals surface area contributed by atoms with Gasteiger partial charge in [0.25, 0.3) is 0 Å². The quantitative estimate of drug-likeness (QED) is 0.231. The van der Waals surface area contributed by atoms with Gasteiger partial charge in [0.2, 0.25) is 5.91 Å². The Bertz CT molecular complexity index is 711. The molecule has 2 aromatic carbocycles.